The van der Waals surface area contributed by atoms with Crippen molar-refractivity contribution < 1.29 is 8.78 Å². The number of hydrogen-bond acceptors (Lipinski definition) is 2. The summed E-state index contributed by atoms with van der Waals surface area (Å²) in [4.78, 5) is 0.941. The third kappa shape index (κ3) is 2.21. The van der Waals surface area contributed by atoms with E-state index in [0.29, 0.717) is 5.56 Å². The summed E-state index contributed by atoms with van der Waals surface area (Å²) in [5.41, 5.74) is 7.38. The van der Waals surface area contributed by atoms with E-state index in [9.17, 15) is 8.78 Å². The van der Waals surface area contributed by atoms with E-state index in [1.54, 1.807) is 11.3 Å². The van der Waals surface area contributed by atoms with Crippen LogP contribution in [0.4, 0.5) is 8.78 Å². The molecule has 1 atom stereocenters. The average molecular weight is 289 g/mol. The Hall–Kier alpha value is -1.78. The minimum atomic E-state index is -0.578. The smallest absolute Gasteiger partial charge is 0.126 e. The normalized spacial score (nSPS) is 12.8. The van der Waals surface area contributed by atoms with Crippen molar-refractivity contribution >= 4 is 21.4 Å². The lowest BCUT2D eigenvalue weighted by molar-refractivity contribution is 0.584. The number of halogens is 2. The molecule has 20 heavy (non-hydrogen) atoms. The highest BCUT2D eigenvalue weighted by atomic mass is 32.1. The van der Waals surface area contributed by atoms with Gasteiger partial charge in [0.25, 0.3) is 0 Å². The minimum absolute atomic E-state index is 0.186. The molecule has 0 aliphatic rings. The van der Waals surface area contributed by atoms with Crippen molar-refractivity contribution in [2.45, 2.75) is 13.0 Å². The maximum atomic E-state index is 13.5. The second kappa shape index (κ2) is 4.96. The zero-order chi connectivity index (χ0) is 14.3. The van der Waals surface area contributed by atoms with E-state index in [4.69, 9.17) is 5.73 Å². The molecule has 2 aromatic carbocycles. The average Bonchev–Trinajstić information content (AvgIpc) is 2.77. The van der Waals surface area contributed by atoms with E-state index in [-0.39, 0.29) is 6.04 Å². The zero-order valence-electron chi connectivity index (χ0n) is 10.9. The number of rotatable bonds is 2. The van der Waals surface area contributed by atoms with Gasteiger partial charge in [-0.2, -0.15) is 0 Å². The molecule has 3 aromatic rings. The lowest BCUT2D eigenvalue weighted by Crippen LogP contribution is -2.04. The molecule has 0 radical (unpaired) electrons. The van der Waals surface area contributed by atoms with Crippen molar-refractivity contribution in [1.82, 2.24) is 0 Å². The molecule has 0 fully saturated rings. The Balaban J connectivity index is 2.36. The molecule has 102 valence electrons. The molecule has 0 bridgehead atoms. The third-order valence-electron chi connectivity index (χ3n) is 3.19. The molecule has 0 amide bonds. The Labute approximate surface area is 119 Å². The summed E-state index contributed by atoms with van der Waals surface area (Å²) in [6.07, 6.45) is 0. The molecule has 0 saturated carbocycles. The summed E-state index contributed by atoms with van der Waals surface area (Å²) >= 11 is 1.57. The number of fused-ring (bicyclic) bond motifs is 1. The summed E-state index contributed by atoms with van der Waals surface area (Å²) in [5, 5.41) is 0.981. The first kappa shape index (κ1) is 13.2. The molecule has 4 heteroatoms. The van der Waals surface area contributed by atoms with E-state index >= 15 is 0 Å². The number of benzene rings is 2. The number of nitrogens with two attached hydrogens (primary N) is 1. The van der Waals surface area contributed by atoms with Crippen molar-refractivity contribution in [1.29, 1.82) is 0 Å². The predicted molar refractivity (Wildman–Crippen MR) is 79.8 cm³/mol. The largest absolute Gasteiger partial charge is 0.323 e. The highest BCUT2D eigenvalue weighted by Gasteiger charge is 2.17. The van der Waals surface area contributed by atoms with Crippen molar-refractivity contribution in [3.63, 3.8) is 0 Å². The van der Waals surface area contributed by atoms with Crippen molar-refractivity contribution in [3.8, 4) is 11.1 Å². The fraction of sp³-hybridized carbons (Fsp3) is 0.125. The molecular formula is C16H13F2NS. The van der Waals surface area contributed by atoms with Gasteiger partial charge in [0.1, 0.15) is 11.6 Å². The van der Waals surface area contributed by atoms with Crippen LogP contribution in [0.2, 0.25) is 0 Å². The molecule has 0 aliphatic heterocycles. The molecule has 1 nitrogen and oxygen atoms in total. The second-order valence-corrected chi connectivity index (χ2v) is 5.87. The molecule has 1 unspecified atom stereocenters. The number of thiophene rings is 1. The molecule has 1 aromatic heterocycles. The van der Waals surface area contributed by atoms with Gasteiger partial charge in [0.15, 0.2) is 0 Å². The Morgan fingerprint density at radius 1 is 1.05 bits per heavy atom. The highest BCUT2D eigenvalue weighted by Crippen LogP contribution is 2.41. The quantitative estimate of drug-likeness (QED) is 0.716. The summed E-state index contributed by atoms with van der Waals surface area (Å²) in [6, 6.07) is 11.2. The summed E-state index contributed by atoms with van der Waals surface area (Å²) < 4.78 is 28.0. The number of hydrogen-bond donors (Lipinski definition) is 1. The second-order valence-electron chi connectivity index (χ2n) is 4.78. The van der Waals surface area contributed by atoms with E-state index in [1.807, 2.05) is 31.2 Å². The van der Waals surface area contributed by atoms with Crippen LogP contribution in [0.15, 0.2) is 42.5 Å². The van der Waals surface area contributed by atoms with Gasteiger partial charge in [-0.05, 0) is 30.7 Å². The van der Waals surface area contributed by atoms with E-state index in [2.05, 4.69) is 0 Å². The van der Waals surface area contributed by atoms with Crippen LogP contribution in [0.5, 0.6) is 0 Å². The molecule has 0 saturated heterocycles. The van der Waals surface area contributed by atoms with Crippen LogP contribution in [-0.4, -0.2) is 0 Å². The molecular weight excluding hydrogens is 276 g/mol. The van der Waals surface area contributed by atoms with Gasteiger partial charge in [0, 0.05) is 32.6 Å². The molecule has 2 N–H and O–H groups in total. The van der Waals surface area contributed by atoms with Crippen LogP contribution in [0, 0.1) is 11.6 Å². The van der Waals surface area contributed by atoms with Gasteiger partial charge in [-0.15, -0.1) is 11.3 Å². The minimum Gasteiger partial charge on any atom is -0.323 e. The Morgan fingerprint density at radius 3 is 2.35 bits per heavy atom. The monoisotopic (exact) mass is 289 g/mol. The maximum Gasteiger partial charge on any atom is 0.126 e. The van der Waals surface area contributed by atoms with Gasteiger partial charge in [-0.3, -0.25) is 0 Å². The van der Waals surface area contributed by atoms with Crippen molar-refractivity contribution in [3.05, 3.63) is 59.0 Å². The summed E-state index contributed by atoms with van der Waals surface area (Å²) in [7, 11) is 0. The van der Waals surface area contributed by atoms with Crippen molar-refractivity contribution in [2.24, 2.45) is 5.73 Å². The SMILES string of the molecule is CC(N)c1sc2ccccc2c1-c1cc(F)cc(F)c1. The highest BCUT2D eigenvalue weighted by molar-refractivity contribution is 7.19. The molecule has 1 heterocycles. The Morgan fingerprint density at radius 2 is 1.70 bits per heavy atom. The van der Waals surface area contributed by atoms with Crippen LogP contribution in [0.3, 0.4) is 0 Å². The first-order valence-electron chi connectivity index (χ1n) is 6.29. The van der Waals surface area contributed by atoms with Gasteiger partial charge < -0.3 is 5.73 Å². The fourth-order valence-electron chi connectivity index (χ4n) is 2.38. The van der Waals surface area contributed by atoms with Gasteiger partial charge in [0.2, 0.25) is 0 Å². The van der Waals surface area contributed by atoms with Gasteiger partial charge in [-0.1, -0.05) is 18.2 Å². The van der Waals surface area contributed by atoms with Gasteiger partial charge in [-0.25, -0.2) is 8.78 Å². The summed E-state index contributed by atoms with van der Waals surface area (Å²) in [5.74, 6) is -1.16. The predicted octanol–water partition coefficient (Wildman–Crippen LogP) is 4.87. The van der Waals surface area contributed by atoms with Crippen LogP contribution in [0.25, 0.3) is 21.2 Å². The topological polar surface area (TPSA) is 26.0 Å². The van der Waals surface area contributed by atoms with E-state index < -0.39 is 11.6 Å². The first-order valence-corrected chi connectivity index (χ1v) is 7.11. The van der Waals surface area contributed by atoms with Crippen LogP contribution in [-0.2, 0) is 0 Å². The van der Waals surface area contributed by atoms with E-state index in [1.165, 1.54) is 12.1 Å². The fourth-order valence-corrected chi connectivity index (χ4v) is 3.56. The lowest BCUT2D eigenvalue weighted by Gasteiger charge is -2.08. The van der Waals surface area contributed by atoms with Crippen LogP contribution >= 0.6 is 11.3 Å². The van der Waals surface area contributed by atoms with Gasteiger partial charge in [0.05, 0.1) is 0 Å². The molecule has 0 spiro atoms. The molecule has 0 aliphatic carbocycles. The maximum absolute atomic E-state index is 13.5. The van der Waals surface area contributed by atoms with E-state index in [0.717, 1.165) is 26.6 Å². The zero-order valence-corrected chi connectivity index (χ0v) is 11.7. The van der Waals surface area contributed by atoms with Crippen molar-refractivity contribution in [2.75, 3.05) is 0 Å². The standard InChI is InChI=1S/C16H13F2NS/c1-9(19)16-15(10-6-11(17)8-12(18)7-10)13-4-2-3-5-14(13)20-16/h2-9H,19H2,1H3. The van der Waals surface area contributed by atoms with Crippen LogP contribution < -0.4 is 5.73 Å². The summed E-state index contributed by atoms with van der Waals surface area (Å²) in [6.45, 7) is 1.88. The third-order valence-corrected chi connectivity index (χ3v) is 4.56. The Bertz CT molecular complexity index is 757. The Kier molecular flexibility index (Phi) is 3.28. The molecule has 3 rings (SSSR count). The van der Waals surface area contributed by atoms with Crippen LogP contribution in [0.1, 0.15) is 17.8 Å². The van der Waals surface area contributed by atoms with Gasteiger partial charge >= 0.3 is 0 Å². The lowest BCUT2D eigenvalue weighted by atomic mass is 9.99. The first-order chi connectivity index (χ1) is 9.56.